The molecule has 0 spiro atoms. The Hall–Kier alpha value is -2.08. The van der Waals surface area contributed by atoms with Gasteiger partial charge in [0.2, 0.25) is 5.28 Å². The molecule has 0 saturated carbocycles. The summed E-state index contributed by atoms with van der Waals surface area (Å²) >= 11 is 5.63. The Labute approximate surface area is 126 Å². The molecular weight excluding hydrogens is 297 g/mol. The summed E-state index contributed by atoms with van der Waals surface area (Å²) in [6.45, 7) is 1.64. The van der Waals surface area contributed by atoms with E-state index in [0.29, 0.717) is 26.2 Å². The van der Waals surface area contributed by atoms with E-state index in [0.717, 1.165) is 23.3 Å². The topological polar surface area (TPSA) is 56.3 Å². The van der Waals surface area contributed by atoms with E-state index in [-0.39, 0.29) is 11.1 Å². The van der Waals surface area contributed by atoms with Gasteiger partial charge in [0.15, 0.2) is 23.1 Å². The molecule has 2 heterocycles. The normalized spacial score (nSPS) is 13.0. The van der Waals surface area contributed by atoms with Gasteiger partial charge in [-0.25, -0.2) is 9.37 Å². The summed E-state index contributed by atoms with van der Waals surface area (Å²) in [5, 5.41) is 2.91. The van der Waals surface area contributed by atoms with E-state index in [4.69, 9.17) is 21.1 Å². The Morgan fingerprint density at radius 1 is 1.24 bits per heavy atom. The molecule has 110 valence electrons. The van der Waals surface area contributed by atoms with Gasteiger partial charge in [0.1, 0.15) is 13.2 Å². The lowest BCUT2D eigenvalue weighted by Gasteiger charge is -2.18. The lowest BCUT2D eigenvalue weighted by atomic mass is 10.1. The van der Waals surface area contributed by atoms with E-state index < -0.39 is 5.82 Å². The highest BCUT2D eigenvalue weighted by atomic mass is 35.5. The molecule has 3 rings (SSSR count). The molecule has 0 aliphatic carbocycles. The predicted octanol–water partition coefficient (Wildman–Crippen LogP) is 2.69. The number of anilines is 1. The van der Waals surface area contributed by atoms with Crippen molar-refractivity contribution in [3.05, 3.63) is 41.1 Å². The fourth-order valence-electron chi connectivity index (χ4n) is 2.04. The largest absolute Gasteiger partial charge is 0.486 e. The maximum Gasteiger partial charge on any atom is 0.224 e. The minimum Gasteiger partial charge on any atom is -0.486 e. The minimum atomic E-state index is -0.526. The lowest BCUT2D eigenvalue weighted by Crippen LogP contribution is -2.15. The Balaban J connectivity index is 1.61. The third-order valence-corrected chi connectivity index (χ3v) is 3.21. The van der Waals surface area contributed by atoms with Crippen LogP contribution in [0.1, 0.15) is 5.56 Å². The highest BCUT2D eigenvalue weighted by Crippen LogP contribution is 2.30. The third kappa shape index (κ3) is 3.33. The van der Waals surface area contributed by atoms with E-state index in [9.17, 15) is 4.39 Å². The zero-order valence-corrected chi connectivity index (χ0v) is 11.9. The summed E-state index contributed by atoms with van der Waals surface area (Å²) in [6, 6.07) is 5.77. The van der Waals surface area contributed by atoms with Crippen LogP contribution in [-0.4, -0.2) is 29.7 Å². The molecule has 1 N–H and O–H groups in total. The second-order valence-corrected chi connectivity index (χ2v) is 4.83. The van der Waals surface area contributed by atoms with Gasteiger partial charge in [0.25, 0.3) is 0 Å². The van der Waals surface area contributed by atoms with Crippen LogP contribution < -0.4 is 14.8 Å². The fraction of sp³-hybridized carbons (Fsp3) is 0.286. The summed E-state index contributed by atoms with van der Waals surface area (Å²) < 4.78 is 24.4. The number of ether oxygens (including phenoxy) is 2. The Morgan fingerprint density at radius 2 is 2.05 bits per heavy atom. The van der Waals surface area contributed by atoms with Crippen molar-refractivity contribution in [3.8, 4) is 11.5 Å². The summed E-state index contributed by atoms with van der Waals surface area (Å²) in [7, 11) is 0. The Bertz CT molecular complexity index is 654. The molecule has 2 aromatic rings. The highest BCUT2D eigenvalue weighted by molar-refractivity contribution is 6.28. The molecule has 0 unspecified atom stereocenters. The molecule has 1 aliphatic rings. The number of nitrogens with one attached hydrogen (secondary N) is 1. The maximum atomic E-state index is 13.4. The van der Waals surface area contributed by atoms with Crippen molar-refractivity contribution in [3.63, 3.8) is 0 Å². The molecule has 0 saturated heterocycles. The van der Waals surface area contributed by atoms with Crippen LogP contribution in [0.3, 0.4) is 0 Å². The lowest BCUT2D eigenvalue weighted by molar-refractivity contribution is 0.171. The molecule has 0 amide bonds. The van der Waals surface area contributed by atoms with E-state index >= 15 is 0 Å². The van der Waals surface area contributed by atoms with E-state index in [1.807, 2.05) is 18.2 Å². The van der Waals surface area contributed by atoms with E-state index in [1.54, 1.807) is 0 Å². The molecule has 0 fully saturated rings. The van der Waals surface area contributed by atoms with Crippen LogP contribution in [0.2, 0.25) is 5.28 Å². The van der Waals surface area contributed by atoms with Gasteiger partial charge >= 0.3 is 0 Å². The van der Waals surface area contributed by atoms with Crippen LogP contribution in [0.15, 0.2) is 24.4 Å². The smallest absolute Gasteiger partial charge is 0.224 e. The fourth-order valence-corrected chi connectivity index (χ4v) is 2.17. The number of halogens is 2. The number of fused-ring (bicyclic) bond motifs is 1. The molecule has 0 bridgehead atoms. The summed E-state index contributed by atoms with van der Waals surface area (Å²) in [6.07, 6.45) is 1.74. The van der Waals surface area contributed by atoms with Gasteiger partial charge in [0, 0.05) is 6.54 Å². The van der Waals surface area contributed by atoms with Crippen LogP contribution in [0.4, 0.5) is 10.2 Å². The van der Waals surface area contributed by atoms with Crippen molar-refractivity contribution in [2.45, 2.75) is 6.42 Å². The maximum absolute atomic E-state index is 13.4. The van der Waals surface area contributed by atoms with E-state index in [1.165, 1.54) is 0 Å². The Morgan fingerprint density at radius 3 is 2.90 bits per heavy atom. The molecule has 1 aromatic heterocycles. The molecule has 0 atom stereocenters. The number of hydrogen-bond donors (Lipinski definition) is 1. The summed E-state index contributed by atoms with van der Waals surface area (Å²) in [5.41, 5.74) is 1.06. The molecule has 21 heavy (non-hydrogen) atoms. The van der Waals surface area contributed by atoms with Crippen molar-refractivity contribution >= 4 is 17.4 Å². The average molecular weight is 310 g/mol. The van der Waals surface area contributed by atoms with Crippen LogP contribution in [-0.2, 0) is 6.42 Å². The first kappa shape index (κ1) is 13.9. The SMILES string of the molecule is Fc1cnc(Cl)nc1NCCc1ccc2c(c1)OCCO2. The third-order valence-electron chi connectivity index (χ3n) is 3.03. The van der Waals surface area contributed by atoms with Gasteiger partial charge in [-0.3, -0.25) is 0 Å². The van der Waals surface area contributed by atoms with Gasteiger partial charge < -0.3 is 14.8 Å². The Kier molecular flexibility index (Phi) is 4.06. The minimum absolute atomic E-state index is 0.0122. The van der Waals surface area contributed by atoms with Gasteiger partial charge in [-0.15, -0.1) is 0 Å². The van der Waals surface area contributed by atoms with Gasteiger partial charge in [0.05, 0.1) is 6.20 Å². The van der Waals surface area contributed by atoms with Crippen molar-refractivity contribution in [1.29, 1.82) is 0 Å². The molecule has 7 heteroatoms. The van der Waals surface area contributed by atoms with Crippen molar-refractivity contribution < 1.29 is 13.9 Å². The second-order valence-electron chi connectivity index (χ2n) is 4.49. The first-order chi connectivity index (χ1) is 10.2. The number of rotatable bonds is 4. The van der Waals surface area contributed by atoms with E-state index in [2.05, 4.69) is 15.3 Å². The second kappa shape index (κ2) is 6.13. The van der Waals surface area contributed by atoms with Gasteiger partial charge in [-0.05, 0) is 35.7 Å². The number of nitrogens with zero attached hydrogens (tertiary/aromatic N) is 2. The predicted molar refractivity (Wildman–Crippen MR) is 76.6 cm³/mol. The van der Waals surface area contributed by atoms with Crippen LogP contribution in [0, 0.1) is 5.82 Å². The summed E-state index contributed by atoms with van der Waals surface area (Å²) in [5.74, 6) is 1.08. The monoisotopic (exact) mass is 309 g/mol. The standard InChI is InChI=1S/C14H13ClFN3O2/c15-14-18-8-10(16)13(19-14)17-4-3-9-1-2-11-12(7-9)21-6-5-20-11/h1-2,7-8H,3-6H2,(H,17,18,19). The molecule has 1 aliphatic heterocycles. The van der Waals surface area contributed by atoms with Crippen LogP contribution >= 0.6 is 11.6 Å². The quantitative estimate of drug-likeness (QED) is 0.880. The number of hydrogen-bond acceptors (Lipinski definition) is 5. The zero-order valence-electron chi connectivity index (χ0n) is 11.1. The van der Waals surface area contributed by atoms with Gasteiger partial charge in [-0.1, -0.05) is 6.07 Å². The number of aromatic nitrogens is 2. The molecule has 1 aromatic carbocycles. The highest BCUT2D eigenvalue weighted by Gasteiger charge is 2.11. The van der Waals surface area contributed by atoms with Gasteiger partial charge in [-0.2, -0.15) is 4.98 Å². The van der Waals surface area contributed by atoms with Crippen LogP contribution in [0.5, 0.6) is 11.5 Å². The van der Waals surface area contributed by atoms with Crippen LogP contribution in [0.25, 0.3) is 0 Å². The first-order valence-electron chi connectivity index (χ1n) is 6.53. The first-order valence-corrected chi connectivity index (χ1v) is 6.90. The van der Waals surface area contributed by atoms with Crippen molar-refractivity contribution in [2.24, 2.45) is 0 Å². The average Bonchev–Trinajstić information content (AvgIpc) is 2.50. The molecule has 0 radical (unpaired) electrons. The molecule has 5 nitrogen and oxygen atoms in total. The van der Waals surface area contributed by atoms with Crippen molar-refractivity contribution in [1.82, 2.24) is 9.97 Å². The zero-order chi connectivity index (χ0) is 14.7. The summed E-state index contributed by atoms with van der Waals surface area (Å²) in [4.78, 5) is 7.36. The molecular formula is C14H13ClFN3O2. The number of benzene rings is 1. The van der Waals surface area contributed by atoms with Crippen molar-refractivity contribution in [2.75, 3.05) is 25.1 Å².